The van der Waals surface area contributed by atoms with E-state index in [1.165, 1.54) is 27.9 Å². The van der Waals surface area contributed by atoms with Gasteiger partial charge in [0, 0.05) is 40.0 Å². The van der Waals surface area contributed by atoms with E-state index in [0.717, 1.165) is 23.4 Å². The van der Waals surface area contributed by atoms with Crippen LogP contribution in [0, 0.1) is 5.82 Å². The molecule has 0 bridgehead atoms. The molecule has 128 valence electrons. The lowest BCUT2D eigenvalue weighted by molar-refractivity contribution is 0.623. The van der Waals surface area contributed by atoms with Crippen LogP contribution in [0.5, 0.6) is 0 Å². The third-order valence-electron chi connectivity index (χ3n) is 4.89. The van der Waals surface area contributed by atoms with Gasteiger partial charge in [0.15, 0.2) is 0 Å². The third kappa shape index (κ3) is 2.20. The van der Waals surface area contributed by atoms with Crippen molar-refractivity contribution < 1.29 is 4.39 Å². The van der Waals surface area contributed by atoms with Crippen LogP contribution in [0.1, 0.15) is 6.92 Å². The lowest BCUT2D eigenvalue weighted by Crippen LogP contribution is -1.92. The fourth-order valence-electron chi connectivity index (χ4n) is 3.68. The topological polar surface area (TPSA) is 33.6 Å². The van der Waals surface area contributed by atoms with Crippen LogP contribution in [0.3, 0.4) is 0 Å². The van der Waals surface area contributed by atoms with E-state index in [4.69, 9.17) is 0 Å². The van der Waals surface area contributed by atoms with E-state index >= 15 is 0 Å². The highest BCUT2D eigenvalue weighted by molar-refractivity contribution is 9.10. The van der Waals surface area contributed by atoms with Crippen molar-refractivity contribution in [2.45, 2.75) is 13.5 Å². The Morgan fingerprint density at radius 1 is 1.04 bits per heavy atom. The molecule has 5 heteroatoms. The summed E-state index contributed by atoms with van der Waals surface area (Å²) in [5, 5.41) is 2.43. The van der Waals surface area contributed by atoms with Crippen LogP contribution in [0.2, 0.25) is 0 Å². The molecule has 26 heavy (non-hydrogen) atoms. The summed E-state index contributed by atoms with van der Waals surface area (Å²) < 4.78 is 16.5. The minimum Gasteiger partial charge on any atom is -0.341 e. The van der Waals surface area contributed by atoms with Crippen molar-refractivity contribution in [3.63, 3.8) is 0 Å². The number of H-pyrrole nitrogens is 1. The molecular formula is C21H15BrFN3. The van der Waals surface area contributed by atoms with Crippen LogP contribution in [-0.4, -0.2) is 14.5 Å². The predicted molar refractivity (Wildman–Crippen MR) is 108 cm³/mol. The molecule has 0 radical (unpaired) electrons. The molecule has 0 atom stereocenters. The Hall–Kier alpha value is -2.66. The van der Waals surface area contributed by atoms with Gasteiger partial charge in [0.05, 0.1) is 15.5 Å². The molecule has 2 aromatic heterocycles. The number of fused-ring (bicyclic) bond motifs is 4. The molecular weight excluding hydrogens is 393 g/mol. The standard InChI is InChI=1S/C21H15BrFN3/c1-2-26-19-6-4-3-5-13(19)14-9-12(7-8-20(14)26)21-24-17-10-15(22)16(23)11-18(17)25-21/h3-11H,2H2,1H3,(H,24,25). The molecule has 3 nitrogen and oxygen atoms in total. The zero-order valence-electron chi connectivity index (χ0n) is 14.1. The molecule has 0 aliphatic carbocycles. The average Bonchev–Trinajstić information content (AvgIpc) is 3.20. The van der Waals surface area contributed by atoms with Gasteiger partial charge in [-0.1, -0.05) is 18.2 Å². The molecule has 2 heterocycles. The first-order chi connectivity index (χ1) is 12.7. The molecule has 0 spiro atoms. The lowest BCUT2D eigenvalue weighted by Gasteiger charge is -2.03. The van der Waals surface area contributed by atoms with E-state index < -0.39 is 0 Å². The van der Waals surface area contributed by atoms with Crippen molar-refractivity contribution in [2.75, 3.05) is 0 Å². The average molecular weight is 408 g/mol. The smallest absolute Gasteiger partial charge is 0.139 e. The van der Waals surface area contributed by atoms with E-state index in [0.29, 0.717) is 9.99 Å². The number of rotatable bonds is 2. The highest BCUT2D eigenvalue weighted by Gasteiger charge is 2.13. The predicted octanol–water partition coefficient (Wildman–Crippen LogP) is 6.26. The van der Waals surface area contributed by atoms with Crippen molar-refractivity contribution in [3.05, 3.63) is 64.9 Å². The monoisotopic (exact) mass is 407 g/mol. The molecule has 0 aliphatic rings. The molecule has 0 saturated heterocycles. The number of benzene rings is 3. The van der Waals surface area contributed by atoms with Gasteiger partial charge >= 0.3 is 0 Å². The van der Waals surface area contributed by atoms with Crippen LogP contribution in [-0.2, 0) is 6.54 Å². The minimum absolute atomic E-state index is 0.297. The summed E-state index contributed by atoms with van der Waals surface area (Å²) in [4.78, 5) is 7.87. The summed E-state index contributed by atoms with van der Waals surface area (Å²) >= 11 is 3.22. The number of aromatic amines is 1. The molecule has 0 fully saturated rings. The quantitative estimate of drug-likeness (QED) is 0.368. The number of aryl methyl sites for hydroxylation is 1. The minimum atomic E-state index is -0.297. The van der Waals surface area contributed by atoms with Crippen LogP contribution >= 0.6 is 15.9 Å². The van der Waals surface area contributed by atoms with Gasteiger partial charge in [0.25, 0.3) is 0 Å². The largest absolute Gasteiger partial charge is 0.341 e. The normalized spacial score (nSPS) is 11.8. The molecule has 0 amide bonds. The Balaban J connectivity index is 1.76. The fraction of sp³-hybridized carbons (Fsp3) is 0.0952. The summed E-state index contributed by atoms with van der Waals surface area (Å²) in [6.45, 7) is 3.08. The Kier molecular flexibility index (Phi) is 3.40. The molecule has 0 aliphatic heterocycles. The number of nitrogens with one attached hydrogen (secondary N) is 1. The van der Waals surface area contributed by atoms with Crippen LogP contribution in [0.15, 0.2) is 59.1 Å². The van der Waals surface area contributed by atoms with E-state index in [9.17, 15) is 4.39 Å². The number of halogens is 2. The van der Waals surface area contributed by atoms with Gasteiger partial charge in [-0.25, -0.2) is 9.37 Å². The lowest BCUT2D eigenvalue weighted by atomic mass is 10.1. The van der Waals surface area contributed by atoms with Crippen molar-refractivity contribution in [2.24, 2.45) is 0 Å². The third-order valence-corrected chi connectivity index (χ3v) is 5.49. The Labute approximate surface area is 157 Å². The number of imidazole rings is 1. The summed E-state index contributed by atoms with van der Waals surface area (Å²) in [5.74, 6) is 0.446. The maximum Gasteiger partial charge on any atom is 0.139 e. The number of nitrogens with zero attached hydrogens (tertiary/aromatic N) is 2. The highest BCUT2D eigenvalue weighted by Crippen LogP contribution is 2.33. The summed E-state index contributed by atoms with van der Waals surface area (Å²) in [6.07, 6.45) is 0. The Morgan fingerprint density at radius 2 is 1.85 bits per heavy atom. The van der Waals surface area contributed by atoms with Gasteiger partial charge < -0.3 is 9.55 Å². The molecule has 0 saturated carbocycles. The van der Waals surface area contributed by atoms with E-state index in [-0.39, 0.29) is 5.82 Å². The van der Waals surface area contributed by atoms with Crippen LogP contribution < -0.4 is 0 Å². The van der Waals surface area contributed by atoms with Crippen molar-refractivity contribution in [3.8, 4) is 11.4 Å². The van der Waals surface area contributed by atoms with Gasteiger partial charge in [0.2, 0.25) is 0 Å². The zero-order chi connectivity index (χ0) is 17.8. The first kappa shape index (κ1) is 15.6. The first-order valence-electron chi connectivity index (χ1n) is 8.52. The van der Waals surface area contributed by atoms with Gasteiger partial charge in [-0.05, 0) is 53.2 Å². The van der Waals surface area contributed by atoms with Crippen LogP contribution in [0.25, 0.3) is 44.2 Å². The summed E-state index contributed by atoms with van der Waals surface area (Å²) in [7, 11) is 0. The van der Waals surface area contributed by atoms with Crippen molar-refractivity contribution in [1.82, 2.24) is 14.5 Å². The first-order valence-corrected chi connectivity index (χ1v) is 9.31. The molecule has 5 aromatic rings. The molecule has 5 rings (SSSR count). The Morgan fingerprint density at radius 3 is 2.69 bits per heavy atom. The second kappa shape index (κ2) is 5.68. The van der Waals surface area contributed by atoms with Crippen molar-refractivity contribution in [1.29, 1.82) is 0 Å². The van der Waals surface area contributed by atoms with Gasteiger partial charge in [-0.15, -0.1) is 0 Å². The Bertz CT molecular complexity index is 1260. The van der Waals surface area contributed by atoms with E-state index in [1.54, 1.807) is 6.07 Å². The highest BCUT2D eigenvalue weighted by atomic mass is 79.9. The summed E-state index contributed by atoms with van der Waals surface area (Å²) in [6, 6.07) is 18.0. The van der Waals surface area contributed by atoms with Crippen molar-refractivity contribution >= 4 is 48.8 Å². The maximum absolute atomic E-state index is 13.8. The van der Waals surface area contributed by atoms with Gasteiger partial charge in [0.1, 0.15) is 11.6 Å². The SMILES string of the molecule is CCn1c2ccccc2c2cc(-c3nc4cc(Br)c(F)cc4[nH]3)ccc21. The van der Waals surface area contributed by atoms with Gasteiger partial charge in [-0.2, -0.15) is 0 Å². The maximum atomic E-state index is 13.8. The van der Waals surface area contributed by atoms with Gasteiger partial charge in [-0.3, -0.25) is 0 Å². The number of hydrogen-bond acceptors (Lipinski definition) is 1. The molecule has 1 N–H and O–H groups in total. The second-order valence-corrected chi connectivity index (χ2v) is 7.22. The number of aromatic nitrogens is 3. The molecule has 0 unspecified atom stereocenters. The summed E-state index contributed by atoms with van der Waals surface area (Å²) in [5.41, 5.74) is 4.87. The fourth-order valence-corrected chi connectivity index (χ4v) is 4.01. The zero-order valence-corrected chi connectivity index (χ0v) is 15.6. The van der Waals surface area contributed by atoms with Crippen LogP contribution in [0.4, 0.5) is 4.39 Å². The second-order valence-electron chi connectivity index (χ2n) is 6.36. The van der Waals surface area contributed by atoms with E-state index in [1.807, 2.05) is 0 Å². The van der Waals surface area contributed by atoms with E-state index in [2.05, 4.69) is 79.9 Å². The molecule has 3 aromatic carbocycles. The number of hydrogen-bond donors (Lipinski definition) is 1. The number of para-hydroxylation sites is 1.